The lowest BCUT2D eigenvalue weighted by atomic mass is 9.81. The van der Waals surface area contributed by atoms with Crippen molar-refractivity contribution in [3.63, 3.8) is 0 Å². The first-order valence-electron chi connectivity index (χ1n) is 25.1. The molecule has 0 amide bonds. The highest BCUT2D eigenvalue weighted by molar-refractivity contribution is 5.71. The van der Waals surface area contributed by atoms with Gasteiger partial charge in [0, 0.05) is 121 Å². The van der Waals surface area contributed by atoms with Gasteiger partial charge in [-0.1, -0.05) is 25.7 Å². The molecule has 0 aromatic carbocycles. The molecule has 64 heavy (non-hydrogen) atoms. The third kappa shape index (κ3) is 22.5. The summed E-state index contributed by atoms with van der Waals surface area (Å²) in [5.74, 6) is -0.455. The van der Waals surface area contributed by atoms with Gasteiger partial charge in [-0.3, -0.25) is 19.2 Å². The Morgan fingerprint density at radius 3 is 0.609 bits per heavy atom. The normalized spacial score (nSPS) is 24.6. The molecule has 0 aromatic rings. The van der Waals surface area contributed by atoms with Crippen molar-refractivity contribution in [3.05, 3.63) is 0 Å². The van der Waals surface area contributed by atoms with Crippen LogP contribution >= 0.6 is 0 Å². The zero-order valence-electron chi connectivity index (χ0n) is 43.7. The molecule has 0 aliphatic carbocycles. The average Bonchev–Trinajstić information content (AvgIpc) is 3.02. The Morgan fingerprint density at radius 2 is 0.438 bits per heavy atom. The second-order valence-electron chi connectivity index (χ2n) is 25.5. The molecule has 12 nitrogen and oxygen atoms in total. The minimum atomic E-state index is -0.163. The maximum absolute atomic E-state index is 12.3. The van der Waals surface area contributed by atoms with Crippen molar-refractivity contribution in [2.45, 2.75) is 308 Å². The van der Waals surface area contributed by atoms with Crippen LogP contribution in [-0.2, 0) is 38.1 Å². The quantitative estimate of drug-likeness (QED) is 0.0588. The zero-order valence-corrected chi connectivity index (χ0v) is 43.7. The van der Waals surface area contributed by atoms with E-state index < -0.39 is 0 Å². The van der Waals surface area contributed by atoms with Crippen molar-refractivity contribution >= 4 is 23.9 Å². The molecule has 372 valence electrons. The van der Waals surface area contributed by atoms with Crippen LogP contribution < -0.4 is 21.3 Å². The Bertz CT molecular complexity index is 1360. The third-order valence-electron chi connectivity index (χ3n) is 12.8. The highest BCUT2D eigenvalue weighted by Crippen LogP contribution is 2.34. The molecule has 0 radical (unpaired) electrons. The molecule has 4 aliphatic heterocycles. The number of unbranched alkanes of at least 4 members (excludes halogenated alkanes) is 6. The lowest BCUT2D eigenvalue weighted by Crippen LogP contribution is -2.59. The largest absolute Gasteiger partial charge is 0.462 e. The van der Waals surface area contributed by atoms with Gasteiger partial charge in [0.1, 0.15) is 24.4 Å². The number of rotatable bonds is 18. The van der Waals surface area contributed by atoms with Gasteiger partial charge < -0.3 is 40.2 Å². The van der Waals surface area contributed by atoms with E-state index in [0.717, 1.165) is 89.9 Å². The van der Waals surface area contributed by atoms with Crippen LogP contribution in [0.15, 0.2) is 0 Å². The topological polar surface area (TPSA) is 153 Å². The summed E-state index contributed by atoms with van der Waals surface area (Å²) in [6.45, 7) is 34.5. The smallest absolute Gasteiger partial charge is 0.306 e. The Balaban J connectivity index is 0.000000343. The Morgan fingerprint density at radius 1 is 0.297 bits per heavy atom. The second kappa shape index (κ2) is 22.7. The Labute approximate surface area is 390 Å². The van der Waals surface area contributed by atoms with Gasteiger partial charge >= 0.3 is 23.9 Å². The van der Waals surface area contributed by atoms with E-state index in [1.165, 1.54) is 0 Å². The van der Waals surface area contributed by atoms with E-state index in [2.05, 4.69) is 132 Å². The maximum atomic E-state index is 12.3. The molecule has 4 fully saturated rings. The minimum Gasteiger partial charge on any atom is -0.462 e. The molecule has 0 spiro atoms. The molecule has 0 bridgehead atoms. The molecule has 4 N–H and O–H groups in total. The first-order chi connectivity index (χ1) is 29.1. The monoisotopic (exact) mass is 905 g/mol. The summed E-state index contributed by atoms with van der Waals surface area (Å²) in [4.78, 5) is 49.1. The van der Waals surface area contributed by atoms with E-state index in [4.69, 9.17) is 18.9 Å². The fourth-order valence-electron chi connectivity index (χ4n) is 12.0. The molecule has 4 saturated heterocycles. The molecule has 0 saturated carbocycles. The van der Waals surface area contributed by atoms with Crippen LogP contribution in [0.1, 0.15) is 239 Å². The molecule has 4 aliphatic rings. The molecule has 0 atom stereocenters. The summed E-state index contributed by atoms with van der Waals surface area (Å²) >= 11 is 0. The number of carbonyl (C=O) groups excluding carboxylic acids is 4. The number of ether oxygens (including phenoxy) is 4. The number of piperidine rings is 4. The summed E-state index contributed by atoms with van der Waals surface area (Å²) in [6.07, 6.45) is 15.6. The van der Waals surface area contributed by atoms with Crippen LogP contribution in [0.2, 0.25) is 0 Å². The number of hydrogen-bond donors (Lipinski definition) is 4. The molecule has 0 unspecified atom stereocenters. The molecule has 12 heteroatoms. The summed E-state index contributed by atoms with van der Waals surface area (Å²) in [5.41, 5.74) is -0.245. The molecule has 0 aromatic heterocycles. The number of nitrogens with one attached hydrogen (secondary N) is 4. The number of carbonyl (C=O) groups is 4. The van der Waals surface area contributed by atoms with Gasteiger partial charge in [-0.15, -0.1) is 0 Å². The molecule has 4 heterocycles. The number of hydrogen-bond acceptors (Lipinski definition) is 12. The standard InChI is InChI=1S/C28H52N2O4.C24H44N2O4/c1-25(2)17-21(18-26(3,4)29-25)33-23(31)15-13-11-9-10-12-14-16-24(32)34-22-19-27(5,6)30-28(7,8)20-22;1-21(2)13-17(14-22(3,4)25-21)29-19(27)11-9-10-12-20(28)30-18-15-23(5,6)26-24(7,8)16-18/h21-22,29-30H,9-20H2,1-8H3;17-18,25-26H,9-16H2,1-8H3. The SMILES string of the molecule is CC1(C)CC(OC(=O)CCCCC(=O)OC2CC(C)(C)NC(C)(C)C2)CC(C)(C)N1.CC1(C)CC(OC(=O)CCCCCCCCC(=O)OC2CC(C)(C)NC(C)(C)C2)CC(C)(C)N1. The Kier molecular flexibility index (Phi) is 19.9. The average molecular weight is 905 g/mol. The van der Waals surface area contributed by atoms with Gasteiger partial charge in [0.25, 0.3) is 0 Å². The molecule has 4 rings (SSSR count). The summed E-state index contributed by atoms with van der Waals surface area (Å²) in [7, 11) is 0. The van der Waals surface area contributed by atoms with Gasteiger partial charge in [0.15, 0.2) is 0 Å². The van der Waals surface area contributed by atoms with Crippen LogP contribution in [0.25, 0.3) is 0 Å². The fraction of sp³-hybridized carbons (Fsp3) is 0.923. The van der Waals surface area contributed by atoms with Crippen LogP contribution in [-0.4, -0.2) is 92.6 Å². The highest BCUT2D eigenvalue weighted by atomic mass is 16.6. The predicted octanol–water partition coefficient (Wildman–Crippen LogP) is 10.1. The summed E-state index contributed by atoms with van der Waals surface area (Å²) in [6, 6.07) is 0. The van der Waals surface area contributed by atoms with Gasteiger partial charge in [-0.25, -0.2) is 0 Å². The summed E-state index contributed by atoms with van der Waals surface area (Å²) in [5, 5.41) is 14.4. The van der Waals surface area contributed by atoms with Crippen LogP contribution in [0.5, 0.6) is 0 Å². The van der Waals surface area contributed by atoms with Gasteiger partial charge in [0.2, 0.25) is 0 Å². The zero-order chi connectivity index (χ0) is 48.4. The van der Waals surface area contributed by atoms with Crippen molar-refractivity contribution in [3.8, 4) is 0 Å². The molecular weight excluding hydrogens is 809 g/mol. The highest BCUT2D eigenvalue weighted by Gasteiger charge is 2.42. The van der Waals surface area contributed by atoms with E-state index >= 15 is 0 Å². The van der Waals surface area contributed by atoms with E-state index in [1.54, 1.807) is 0 Å². The van der Waals surface area contributed by atoms with E-state index in [1.807, 2.05) is 0 Å². The molecular formula is C52H96N4O8. The number of esters is 4. The van der Waals surface area contributed by atoms with Gasteiger partial charge in [-0.2, -0.15) is 0 Å². The van der Waals surface area contributed by atoms with Crippen molar-refractivity contribution in [1.82, 2.24) is 21.3 Å². The third-order valence-corrected chi connectivity index (χ3v) is 12.8. The minimum absolute atomic E-state index is 0.000484. The van der Waals surface area contributed by atoms with Gasteiger partial charge in [0.05, 0.1) is 0 Å². The summed E-state index contributed by atoms with van der Waals surface area (Å²) < 4.78 is 23.0. The van der Waals surface area contributed by atoms with E-state index in [9.17, 15) is 19.2 Å². The van der Waals surface area contributed by atoms with Gasteiger partial charge in [-0.05, 0) is 136 Å². The second-order valence-corrected chi connectivity index (χ2v) is 25.5. The van der Waals surface area contributed by atoms with Crippen LogP contribution in [0.3, 0.4) is 0 Å². The van der Waals surface area contributed by atoms with Crippen molar-refractivity contribution in [2.24, 2.45) is 0 Å². The van der Waals surface area contributed by atoms with Crippen molar-refractivity contribution in [2.75, 3.05) is 0 Å². The van der Waals surface area contributed by atoms with Crippen LogP contribution in [0, 0.1) is 0 Å². The van der Waals surface area contributed by atoms with Crippen molar-refractivity contribution < 1.29 is 38.1 Å². The lowest BCUT2D eigenvalue weighted by Gasteiger charge is -2.46. The first-order valence-corrected chi connectivity index (χ1v) is 25.1. The predicted molar refractivity (Wildman–Crippen MR) is 257 cm³/mol. The lowest BCUT2D eigenvalue weighted by molar-refractivity contribution is -0.155. The van der Waals surface area contributed by atoms with E-state index in [-0.39, 0.29) is 92.6 Å². The Hall–Kier alpha value is -2.28. The van der Waals surface area contributed by atoms with Crippen LogP contribution in [0.4, 0.5) is 0 Å². The fourth-order valence-corrected chi connectivity index (χ4v) is 12.0. The maximum Gasteiger partial charge on any atom is 0.306 e. The van der Waals surface area contributed by atoms with Crippen molar-refractivity contribution in [1.29, 1.82) is 0 Å². The van der Waals surface area contributed by atoms with E-state index in [0.29, 0.717) is 38.5 Å². The first kappa shape index (κ1) is 56.0.